The number of anilines is 2. The van der Waals surface area contributed by atoms with Gasteiger partial charge in [-0.05, 0) is 36.4 Å². The fourth-order valence-corrected chi connectivity index (χ4v) is 4.01. The van der Waals surface area contributed by atoms with Gasteiger partial charge in [0.2, 0.25) is 5.91 Å². The van der Waals surface area contributed by atoms with Gasteiger partial charge in [-0.25, -0.2) is 0 Å². The number of nitrogens with one attached hydrogen (secondary N) is 1. The van der Waals surface area contributed by atoms with Crippen LogP contribution in [-0.4, -0.2) is 59.6 Å². The Morgan fingerprint density at radius 1 is 0.968 bits per heavy atom. The lowest BCUT2D eigenvalue weighted by molar-refractivity contribution is -0.144. The molecule has 3 aromatic rings. The largest absolute Gasteiger partial charge is 0.481 e. The van der Waals surface area contributed by atoms with Crippen molar-refractivity contribution in [3.63, 3.8) is 0 Å². The van der Waals surface area contributed by atoms with Crippen LogP contribution in [0, 0.1) is 5.92 Å². The van der Waals surface area contributed by atoms with E-state index in [1.807, 2.05) is 42.5 Å². The van der Waals surface area contributed by atoms with E-state index in [-0.39, 0.29) is 12.3 Å². The van der Waals surface area contributed by atoms with Crippen molar-refractivity contribution >= 4 is 34.2 Å². The summed E-state index contributed by atoms with van der Waals surface area (Å²) in [6, 6.07) is 19.4. The number of fused-ring (bicyclic) bond motifs is 1. The minimum absolute atomic E-state index is 0.0646. The molecule has 31 heavy (non-hydrogen) atoms. The molecule has 0 spiro atoms. The molecule has 1 saturated heterocycles. The molecule has 1 atom stereocenters. The summed E-state index contributed by atoms with van der Waals surface area (Å²) in [7, 11) is 0. The minimum Gasteiger partial charge on any atom is -0.481 e. The van der Waals surface area contributed by atoms with E-state index in [0.29, 0.717) is 12.2 Å². The predicted molar refractivity (Wildman–Crippen MR) is 121 cm³/mol. The Morgan fingerprint density at radius 3 is 2.48 bits per heavy atom. The van der Waals surface area contributed by atoms with Gasteiger partial charge in [-0.1, -0.05) is 24.3 Å². The van der Waals surface area contributed by atoms with Crippen LogP contribution < -0.4 is 10.2 Å². The number of aliphatic carboxylic acids is 1. The number of carbonyl (C=O) groups is 2. The number of hydrogen-bond donors (Lipinski definition) is 2. The van der Waals surface area contributed by atoms with E-state index in [1.165, 1.54) is 5.69 Å². The zero-order chi connectivity index (χ0) is 21.6. The molecular weight excluding hydrogens is 392 g/mol. The number of rotatable bonds is 7. The number of amides is 1. The summed E-state index contributed by atoms with van der Waals surface area (Å²) in [5.41, 5.74) is 2.61. The highest BCUT2D eigenvalue weighted by molar-refractivity contribution is 6.01. The van der Waals surface area contributed by atoms with Crippen molar-refractivity contribution in [3.8, 4) is 0 Å². The van der Waals surface area contributed by atoms with E-state index in [4.69, 9.17) is 0 Å². The highest BCUT2D eigenvalue weighted by Crippen LogP contribution is 2.22. The highest BCUT2D eigenvalue weighted by Gasteiger charge is 2.26. The fraction of sp³-hybridized carbons (Fsp3) is 0.292. The number of carboxylic acids is 1. The third kappa shape index (κ3) is 5.19. The first-order valence-corrected chi connectivity index (χ1v) is 10.5. The molecule has 2 N–H and O–H groups in total. The first-order valence-electron chi connectivity index (χ1n) is 10.5. The quantitative estimate of drug-likeness (QED) is 0.613. The molecule has 1 aliphatic rings. The Balaban J connectivity index is 1.34. The molecule has 7 heteroatoms. The van der Waals surface area contributed by atoms with Gasteiger partial charge in [0, 0.05) is 56.4 Å². The Morgan fingerprint density at radius 2 is 1.74 bits per heavy atom. The smallest absolute Gasteiger partial charge is 0.308 e. The summed E-state index contributed by atoms with van der Waals surface area (Å²) in [5, 5.41) is 13.4. The van der Waals surface area contributed by atoms with Crippen molar-refractivity contribution in [2.45, 2.75) is 6.42 Å². The van der Waals surface area contributed by atoms with Crippen LogP contribution in [0.25, 0.3) is 10.9 Å². The number of piperazine rings is 1. The lowest BCUT2D eigenvalue weighted by Gasteiger charge is -2.37. The summed E-state index contributed by atoms with van der Waals surface area (Å²) in [5.74, 6) is -2.00. The molecule has 1 aromatic heterocycles. The van der Waals surface area contributed by atoms with Crippen molar-refractivity contribution in [3.05, 3.63) is 66.9 Å². The van der Waals surface area contributed by atoms with E-state index in [9.17, 15) is 14.7 Å². The zero-order valence-electron chi connectivity index (χ0n) is 17.3. The fourth-order valence-electron chi connectivity index (χ4n) is 4.01. The van der Waals surface area contributed by atoms with Crippen LogP contribution in [0.15, 0.2) is 66.9 Å². The Labute approximate surface area is 181 Å². The van der Waals surface area contributed by atoms with Crippen LogP contribution in [0.2, 0.25) is 0 Å². The van der Waals surface area contributed by atoms with E-state index >= 15 is 0 Å². The maximum atomic E-state index is 12.6. The number of pyridine rings is 1. The van der Waals surface area contributed by atoms with Crippen LogP contribution in [0.5, 0.6) is 0 Å². The number of aromatic nitrogens is 1. The van der Waals surface area contributed by atoms with Gasteiger partial charge in [0.15, 0.2) is 0 Å². The van der Waals surface area contributed by atoms with Crippen molar-refractivity contribution < 1.29 is 14.7 Å². The normalized spacial score (nSPS) is 15.5. The Hall–Kier alpha value is -3.45. The lowest BCUT2D eigenvalue weighted by atomic mass is 10.0. The number of hydrogen-bond acceptors (Lipinski definition) is 5. The monoisotopic (exact) mass is 418 g/mol. The van der Waals surface area contributed by atoms with E-state index < -0.39 is 11.9 Å². The molecule has 2 aromatic carbocycles. The van der Waals surface area contributed by atoms with E-state index in [1.54, 1.807) is 12.3 Å². The van der Waals surface area contributed by atoms with Crippen molar-refractivity contribution in [2.24, 2.45) is 5.92 Å². The second-order valence-electron chi connectivity index (χ2n) is 7.79. The Kier molecular flexibility index (Phi) is 6.43. The summed E-state index contributed by atoms with van der Waals surface area (Å²) in [4.78, 5) is 33.2. The van der Waals surface area contributed by atoms with E-state index in [0.717, 1.165) is 37.1 Å². The van der Waals surface area contributed by atoms with Crippen molar-refractivity contribution in [1.29, 1.82) is 0 Å². The summed E-state index contributed by atoms with van der Waals surface area (Å²) in [6.45, 7) is 3.59. The van der Waals surface area contributed by atoms with Gasteiger partial charge in [0.25, 0.3) is 0 Å². The average molecular weight is 418 g/mol. The predicted octanol–water partition coefficient (Wildman–Crippen LogP) is 3.09. The maximum Gasteiger partial charge on any atom is 0.308 e. The topological polar surface area (TPSA) is 85.8 Å². The van der Waals surface area contributed by atoms with E-state index in [2.05, 4.69) is 32.2 Å². The van der Waals surface area contributed by atoms with Gasteiger partial charge < -0.3 is 15.3 Å². The molecule has 160 valence electrons. The van der Waals surface area contributed by atoms with Crippen LogP contribution >= 0.6 is 0 Å². The van der Waals surface area contributed by atoms with Gasteiger partial charge in [-0.2, -0.15) is 0 Å². The van der Waals surface area contributed by atoms with Crippen LogP contribution in [-0.2, 0) is 9.59 Å². The minimum atomic E-state index is -0.944. The third-order valence-electron chi connectivity index (χ3n) is 5.67. The molecule has 4 rings (SSSR count). The molecule has 2 heterocycles. The zero-order valence-corrected chi connectivity index (χ0v) is 17.3. The van der Waals surface area contributed by atoms with Crippen molar-refractivity contribution in [1.82, 2.24) is 9.88 Å². The molecule has 0 unspecified atom stereocenters. The second kappa shape index (κ2) is 9.57. The van der Waals surface area contributed by atoms with Gasteiger partial charge >= 0.3 is 5.97 Å². The van der Waals surface area contributed by atoms with Gasteiger partial charge in [0.05, 0.1) is 17.1 Å². The number of carbonyl (C=O) groups excluding carboxylic acids is 1. The summed E-state index contributed by atoms with van der Waals surface area (Å²) < 4.78 is 0. The standard InChI is InChI=1S/C24H26N4O3/c29-23(26-22-10-4-9-21-20(22)8-5-11-25-21)16-18(24(30)31)17-27-12-14-28(15-13-27)19-6-2-1-3-7-19/h1-11,18H,12-17H2,(H,26,29)(H,30,31)/t18-/m1/s1. The lowest BCUT2D eigenvalue weighted by Crippen LogP contribution is -2.48. The first-order chi connectivity index (χ1) is 15.1. The van der Waals surface area contributed by atoms with Crippen LogP contribution in [0.4, 0.5) is 11.4 Å². The van der Waals surface area contributed by atoms with Gasteiger partial charge in [0.1, 0.15) is 0 Å². The summed E-state index contributed by atoms with van der Waals surface area (Å²) >= 11 is 0. The maximum absolute atomic E-state index is 12.6. The van der Waals surface area contributed by atoms with Crippen molar-refractivity contribution in [2.75, 3.05) is 42.9 Å². The number of para-hydroxylation sites is 1. The SMILES string of the molecule is O=C(C[C@H](CN1CCN(c2ccccc2)CC1)C(=O)O)Nc1cccc2ncccc12. The molecular formula is C24H26N4O3. The molecule has 1 amide bonds. The molecule has 1 aliphatic heterocycles. The summed E-state index contributed by atoms with van der Waals surface area (Å²) in [6.07, 6.45) is 1.64. The molecule has 0 radical (unpaired) electrons. The Bertz CT molecular complexity index is 1040. The number of nitrogens with zero attached hydrogens (tertiary/aromatic N) is 3. The average Bonchev–Trinajstić information content (AvgIpc) is 2.80. The van der Waals surface area contributed by atoms with Crippen LogP contribution in [0.3, 0.4) is 0 Å². The van der Waals surface area contributed by atoms with Gasteiger partial charge in [-0.3, -0.25) is 19.5 Å². The number of carboxylic acid groups (broad SMARTS) is 1. The molecule has 7 nitrogen and oxygen atoms in total. The first kappa shape index (κ1) is 20.8. The molecule has 0 bridgehead atoms. The molecule has 0 aliphatic carbocycles. The van der Waals surface area contributed by atoms with Gasteiger partial charge in [-0.15, -0.1) is 0 Å². The second-order valence-corrected chi connectivity index (χ2v) is 7.79. The molecule has 0 saturated carbocycles. The number of benzene rings is 2. The highest BCUT2D eigenvalue weighted by atomic mass is 16.4. The third-order valence-corrected chi connectivity index (χ3v) is 5.67. The van der Waals surface area contributed by atoms with Crippen LogP contribution in [0.1, 0.15) is 6.42 Å². The molecule has 1 fully saturated rings.